The van der Waals surface area contributed by atoms with Crippen molar-refractivity contribution in [2.45, 2.75) is 57.4 Å². The third-order valence-electron chi connectivity index (χ3n) is 2.74. The molecule has 0 amide bonds. The van der Waals surface area contributed by atoms with Gasteiger partial charge in [-0.3, -0.25) is 4.99 Å². The summed E-state index contributed by atoms with van der Waals surface area (Å²) in [6.45, 7) is 0. The van der Waals surface area contributed by atoms with Crippen molar-refractivity contribution < 1.29 is 0 Å². The van der Waals surface area contributed by atoms with Crippen molar-refractivity contribution >= 4 is 12.4 Å². The van der Waals surface area contributed by atoms with Crippen LogP contribution in [0.3, 0.4) is 0 Å². The number of unbranched alkanes of at least 4 members (excludes halogenated alkanes) is 4. The maximum Gasteiger partial charge on any atom is 0.0495 e. The summed E-state index contributed by atoms with van der Waals surface area (Å²) in [6, 6.07) is 0.683. The molecule has 1 aliphatic rings. The molecule has 2 nitrogen and oxygen atoms in total. The number of hydrogen-bond acceptors (Lipinski definition) is 2. The minimum absolute atomic E-state index is 0.683. The summed E-state index contributed by atoms with van der Waals surface area (Å²) in [5, 5.41) is 0. The Bertz CT molecular complexity index is 181. The Hall–Kier alpha value is -0.660. The Morgan fingerprint density at radius 2 is 1.79 bits per heavy atom. The largest absolute Gasteiger partial charge is 0.301 e. The zero-order chi connectivity index (χ0) is 10.1. The molecule has 0 aromatic rings. The molecule has 0 saturated heterocycles. The molecule has 1 saturated carbocycles. The SMILES string of the molecule is C/N=C/CCCCC/C=N/C1CCC1. The minimum atomic E-state index is 0.683. The average molecular weight is 194 g/mol. The molecule has 0 spiro atoms. The molecule has 0 N–H and O–H groups in total. The van der Waals surface area contributed by atoms with Gasteiger partial charge in [-0.15, -0.1) is 0 Å². The topological polar surface area (TPSA) is 24.7 Å². The third-order valence-corrected chi connectivity index (χ3v) is 2.74. The highest BCUT2D eigenvalue weighted by Gasteiger charge is 2.14. The third kappa shape index (κ3) is 5.15. The van der Waals surface area contributed by atoms with E-state index in [2.05, 4.69) is 16.2 Å². The van der Waals surface area contributed by atoms with Gasteiger partial charge in [-0.1, -0.05) is 6.42 Å². The van der Waals surface area contributed by atoms with Crippen molar-refractivity contribution in [3.05, 3.63) is 0 Å². The highest BCUT2D eigenvalue weighted by molar-refractivity contribution is 5.57. The maximum absolute atomic E-state index is 4.51. The van der Waals surface area contributed by atoms with Crippen LogP contribution in [-0.2, 0) is 0 Å². The molecule has 2 heteroatoms. The predicted molar refractivity (Wildman–Crippen MR) is 63.6 cm³/mol. The van der Waals surface area contributed by atoms with Crippen LogP contribution in [0.15, 0.2) is 9.98 Å². The molecule has 0 heterocycles. The standard InChI is InChI=1S/C12H22N2/c1-13-10-5-3-2-4-6-11-14-12-8-7-9-12/h10-12H,2-9H2,1H3/b13-10+,14-11+. The van der Waals surface area contributed by atoms with Gasteiger partial charge in [-0.2, -0.15) is 0 Å². The lowest BCUT2D eigenvalue weighted by molar-refractivity contribution is 0.420. The minimum Gasteiger partial charge on any atom is -0.301 e. The van der Waals surface area contributed by atoms with Crippen molar-refractivity contribution in [1.82, 2.24) is 0 Å². The second kappa shape index (κ2) is 7.72. The Kier molecular flexibility index (Phi) is 6.29. The summed E-state index contributed by atoms with van der Waals surface area (Å²) in [6.07, 6.45) is 14.3. The van der Waals surface area contributed by atoms with E-state index in [1.165, 1.54) is 44.9 Å². The zero-order valence-electron chi connectivity index (χ0n) is 9.28. The van der Waals surface area contributed by atoms with Crippen molar-refractivity contribution in [3.8, 4) is 0 Å². The number of rotatable bonds is 7. The maximum atomic E-state index is 4.51. The number of hydrogen-bond donors (Lipinski definition) is 0. The Morgan fingerprint density at radius 3 is 2.36 bits per heavy atom. The molecule has 0 unspecified atom stereocenters. The van der Waals surface area contributed by atoms with Gasteiger partial charge in [0, 0.05) is 13.1 Å². The molecule has 0 bridgehead atoms. The van der Waals surface area contributed by atoms with E-state index < -0.39 is 0 Å². The summed E-state index contributed by atoms with van der Waals surface area (Å²) >= 11 is 0. The molecule has 0 aromatic heterocycles. The summed E-state index contributed by atoms with van der Waals surface area (Å²) in [5.41, 5.74) is 0. The average Bonchev–Trinajstić information content (AvgIpc) is 2.13. The van der Waals surface area contributed by atoms with Gasteiger partial charge in [0.05, 0.1) is 0 Å². The van der Waals surface area contributed by atoms with Gasteiger partial charge < -0.3 is 4.99 Å². The van der Waals surface area contributed by atoms with Crippen LogP contribution in [0.4, 0.5) is 0 Å². The normalized spacial score (nSPS) is 18.1. The summed E-state index contributed by atoms with van der Waals surface area (Å²) in [5.74, 6) is 0. The van der Waals surface area contributed by atoms with Crippen LogP contribution in [-0.4, -0.2) is 25.5 Å². The molecule has 1 fully saturated rings. The van der Waals surface area contributed by atoms with Crippen molar-refractivity contribution in [2.24, 2.45) is 9.98 Å². The lowest BCUT2D eigenvalue weighted by atomic mass is 9.94. The van der Waals surface area contributed by atoms with E-state index in [0.29, 0.717) is 6.04 Å². The summed E-state index contributed by atoms with van der Waals surface area (Å²) in [7, 11) is 1.84. The van der Waals surface area contributed by atoms with Gasteiger partial charge in [0.1, 0.15) is 0 Å². The van der Waals surface area contributed by atoms with Crippen LogP contribution >= 0.6 is 0 Å². The van der Waals surface area contributed by atoms with Gasteiger partial charge in [0.2, 0.25) is 0 Å². The van der Waals surface area contributed by atoms with Gasteiger partial charge in [-0.25, -0.2) is 0 Å². The molecule has 80 valence electrons. The van der Waals surface area contributed by atoms with E-state index in [4.69, 9.17) is 0 Å². The second-order valence-electron chi connectivity index (χ2n) is 4.00. The molecule has 14 heavy (non-hydrogen) atoms. The highest BCUT2D eigenvalue weighted by atomic mass is 14.8. The van der Waals surface area contributed by atoms with E-state index >= 15 is 0 Å². The van der Waals surface area contributed by atoms with E-state index in [-0.39, 0.29) is 0 Å². The van der Waals surface area contributed by atoms with E-state index in [9.17, 15) is 0 Å². The van der Waals surface area contributed by atoms with Crippen LogP contribution in [0.2, 0.25) is 0 Å². The summed E-state index contributed by atoms with van der Waals surface area (Å²) in [4.78, 5) is 8.47. The molecular formula is C12H22N2. The second-order valence-corrected chi connectivity index (χ2v) is 4.00. The molecule has 0 radical (unpaired) electrons. The van der Waals surface area contributed by atoms with E-state index in [1.807, 2.05) is 13.3 Å². The van der Waals surface area contributed by atoms with Gasteiger partial charge in [0.15, 0.2) is 0 Å². The first-order valence-corrected chi connectivity index (χ1v) is 5.85. The smallest absolute Gasteiger partial charge is 0.0495 e. The molecule has 0 atom stereocenters. The number of aliphatic imine (C=N–C) groups is 2. The first-order valence-electron chi connectivity index (χ1n) is 5.85. The van der Waals surface area contributed by atoms with Crippen LogP contribution in [0.1, 0.15) is 51.4 Å². The monoisotopic (exact) mass is 194 g/mol. The lowest BCUT2D eigenvalue weighted by Gasteiger charge is -2.20. The molecule has 0 aliphatic heterocycles. The molecule has 1 rings (SSSR count). The Morgan fingerprint density at radius 1 is 1.07 bits per heavy atom. The first-order chi connectivity index (χ1) is 6.93. The predicted octanol–water partition coefficient (Wildman–Crippen LogP) is 3.26. The molecular weight excluding hydrogens is 172 g/mol. The van der Waals surface area contributed by atoms with Crippen LogP contribution < -0.4 is 0 Å². The quantitative estimate of drug-likeness (QED) is 0.439. The van der Waals surface area contributed by atoms with Crippen LogP contribution in [0, 0.1) is 0 Å². The lowest BCUT2D eigenvalue weighted by Crippen LogP contribution is -2.14. The summed E-state index contributed by atoms with van der Waals surface area (Å²) < 4.78 is 0. The fourth-order valence-corrected chi connectivity index (χ4v) is 1.54. The van der Waals surface area contributed by atoms with Crippen LogP contribution in [0.25, 0.3) is 0 Å². The fourth-order valence-electron chi connectivity index (χ4n) is 1.54. The van der Waals surface area contributed by atoms with Crippen molar-refractivity contribution in [2.75, 3.05) is 7.05 Å². The first kappa shape index (κ1) is 11.4. The van der Waals surface area contributed by atoms with E-state index in [0.717, 1.165) is 6.42 Å². The molecule has 1 aliphatic carbocycles. The molecule has 0 aromatic carbocycles. The zero-order valence-corrected chi connectivity index (χ0v) is 9.28. The van der Waals surface area contributed by atoms with Crippen molar-refractivity contribution in [3.63, 3.8) is 0 Å². The van der Waals surface area contributed by atoms with E-state index in [1.54, 1.807) is 0 Å². The number of nitrogens with zero attached hydrogens (tertiary/aromatic N) is 2. The van der Waals surface area contributed by atoms with Crippen molar-refractivity contribution in [1.29, 1.82) is 0 Å². The van der Waals surface area contributed by atoms with Gasteiger partial charge >= 0.3 is 0 Å². The van der Waals surface area contributed by atoms with Gasteiger partial charge in [-0.05, 0) is 57.4 Å². The Balaban J connectivity index is 1.81. The highest BCUT2D eigenvalue weighted by Crippen LogP contribution is 2.21. The Labute approximate surface area is 87.5 Å². The van der Waals surface area contributed by atoms with Gasteiger partial charge in [0.25, 0.3) is 0 Å². The fraction of sp³-hybridized carbons (Fsp3) is 0.833. The van der Waals surface area contributed by atoms with Crippen LogP contribution in [0.5, 0.6) is 0 Å².